The van der Waals surface area contributed by atoms with Gasteiger partial charge in [0, 0.05) is 6.42 Å². The van der Waals surface area contributed by atoms with Crippen LogP contribution in [0.5, 0.6) is 0 Å². The van der Waals surface area contributed by atoms with Gasteiger partial charge in [-0.1, -0.05) is 13.8 Å². The highest BCUT2D eigenvalue weighted by Gasteiger charge is 2.03. The zero-order chi connectivity index (χ0) is 8.85. The van der Waals surface area contributed by atoms with Gasteiger partial charge in [-0.15, -0.1) is 0 Å². The Balaban J connectivity index is 3.38. The number of rotatable bonds is 4. The van der Waals surface area contributed by atoms with E-state index in [1.165, 1.54) is 0 Å². The number of hydrogen-bond acceptors (Lipinski definition) is 2. The van der Waals surface area contributed by atoms with Crippen molar-refractivity contribution in [2.45, 2.75) is 20.3 Å². The molecular formula is C8H18N2O. The van der Waals surface area contributed by atoms with Crippen molar-refractivity contribution in [1.82, 2.24) is 10.2 Å². The minimum atomic E-state index is 0.133. The van der Waals surface area contributed by atoms with Crippen molar-refractivity contribution in [1.29, 1.82) is 0 Å². The van der Waals surface area contributed by atoms with E-state index in [2.05, 4.69) is 5.32 Å². The monoisotopic (exact) mass is 158 g/mol. The normalized spacial score (nSPS) is 10.7. The number of carbonyl (C=O) groups is 1. The summed E-state index contributed by atoms with van der Waals surface area (Å²) in [4.78, 5) is 12.9. The van der Waals surface area contributed by atoms with Gasteiger partial charge in [0.1, 0.15) is 0 Å². The van der Waals surface area contributed by atoms with E-state index in [1.807, 2.05) is 32.8 Å². The molecule has 66 valence electrons. The molecule has 11 heavy (non-hydrogen) atoms. The Morgan fingerprint density at radius 1 is 1.45 bits per heavy atom. The number of amides is 1. The molecule has 0 spiro atoms. The van der Waals surface area contributed by atoms with Gasteiger partial charge in [-0.05, 0) is 20.0 Å². The highest BCUT2D eigenvalue weighted by atomic mass is 16.1. The summed E-state index contributed by atoms with van der Waals surface area (Å²) >= 11 is 0. The van der Waals surface area contributed by atoms with Gasteiger partial charge in [0.25, 0.3) is 0 Å². The van der Waals surface area contributed by atoms with Crippen molar-refractivity contribution >= 4 is 5.91 Å². The van der Waals surface area contributed by atoms with E-state index >= 15 is 0 Å². The number of nitrogens with zero attached hydrogens (tertiary/aromatic N) is 1. The Bertz CT molecular complexity index is 121. The van der Waals surface area contributed by atoms with Crippen molar-refractivity contribution in [3.05, 3.63) is 0 Å². The summed E-state index contributed by atoms with van der Waals surface area (Å²) in [6.45, 7) is 4.70. The largest absolute Gasteiger partial charge is 0.343 e. The van der Waals surface area contributed by atoms with Gasteiger partial charge in [-0.2, -0.15) is 0 Å². The van der Waals surface area contributed by atoms with Crippen molar-refractivity contribution < 1.29 is 4.79 Å². The molecule has 0 aromatic heterocycles. The second-order valence-corrected chi connectivity index (χ2v) is 3.44. The van der Waals surface area contributed by atoms with Gasteiger partial charge in [0.05, 0.1) is 6.67 Å². The van der Waals surface area contributed by atoms with E-state index in [4.69, 9.17) is 0 Å². The fourth-order valence-electron chi connectivity index (χ4n) is 0.689. The third-order valence-corrected chi connectivity index (χ3v) is 1.19. The quantitative estimate of drug-likeness (QED) is 0.610. The van der Waals surface area contributed by atoms with Crippen molar-refractivity contribution in [3.8, 4) is 0 Å². The molecule has 0 bridgehead atoms. The molecular weight excluding hydrogens is 140 g/mol. The van der Waals surface area contributed by atoms with Crippen LogP contribution in [-0.2, 0) is 4.79 Å². The summed E-state index contributed by atoms with van der Waals surface area (Å²) in [5, 5.41) is 2.80. The van der Waals surface area contributed by atoms with Gasteiger partial charge < -0.3 is 5.32 Å². The van der Waals surface area contributed by atoms with Crippen LogP contribution in [0.3, 0.4) is 0 Å². The Kier molecular flexibility index (Phi) is 4.86. The van der Waals surface area contributed by atoms with E-state index in [0.29, 0.717) is 19.0 Å². The summed E-state index contributed by atoms with van der Waals surface area (Å²) in [7, 11) is 3.85. The van der Waals surface area contributed by atoms with Crippen molar-refractivity contribution in [2.24, 2.45) is 5.92 Å². The lowest BCUT2D eigenvalue weighted by atomic mass is 10.1. The maximum Gasteiger partial charge on any atom is 0.221 e. The molecule has 0 aliphatic rings. The highest BCUT2D eigenvalue weighted by Crippen LogP contribution is 1.97. The van der Waals surface area contributed by atoms with Gasteiger partial charge in [-0.3, -0.25) is 9.69 Å². The zero-order valence-electron chi connectivity index (χ0n) is 7.85. The minimum Gasteiger partial charge on any atom is -0.343 e. The standard InChI is InChI=1S/C8H18N2O/c1-7(2)5-8(11)9-6-10(3)4/h7H,5-6H2,1-4H3,(H,9,11). The summed E-state index contributed by atoms with van der Waals surface area (Å²) in [6, 6.07) is 0. The Labute approximate surface area is 68.8 Å². The molecule has 0 radical (unpaired) electrons. The maximum atomic E-state index is 11.0. The van der Waals surface area contributed by atoms with Crippen molar-refractivity contribution in [2.75, 3.05) is 20.8 Å². The molecule has 0 saturated heterocycles. The van der Waals surface area contributed by atoms with Crippen LogP contribution in [0, 0.1) is 5.92 Å². The van der Waals surface area contributed by atoms with Gasteiger partial charge in [0.15, 0.2) is 0 Å². The van der Waals surface area contributed by atoms with E-state index < -0.39 is 0 Å². The van der Waals surface area contributed by atoms with Crippen molar-refractivity contribution in [3.63, 3.8) is 0 Å². The lowest BCUT2D eigenvalue weighted by molar-refractivity contribution is -0.122. The van der Waals surface area contributed by atoms with Crippen LogP contribution in [0.25, 0.3) is 0 Å². The lowest BCUT2D eigenvalue weighted by Gasteiger charge is -2.11. The Morgan fingerprint density at radius 3 is 2.36 bits per heavy atom. The predicted octanol–water partition coefficient (Wildman–Crippen LogP) is 0.668. The summed E-state index contributed by atoms with van der Waals surface area (Å²) in [5.74, 6) is 0.575. The summed E-state index contributed by atoms with van der Waals surface area (Å²) in [6.07, 6.45) is 0.619. The van der Waals surface area contributed by atoms with Crippen LogP contribution in [0.15, 0.2) is 0 Å². The lowest BCUT2D eigenvalue weighted by Crippen LogP contribution is -2.33. The van der Waals surface area contributed by atoms with Crippen LogP contribution >= 0.6 is 0 Å². The molecule has 0 aliphatic heterocycles. The van der Waals surface area contributed by atoms with Crippen LogP contribution in [0.2, 0.25) is 0 Å². The van der Waals surface area contributed by atoms with E-state index in [1.54, 1.807) is 0 Å². The summed E-state index contributed by atoms with van der Waals surface area (Å²) < 4.78 is 0. The molecule has 0 unspecified atom stereocenters. The molecule has 0 aliphatic carbocycles. The van der Waals surface area contributed by atoms with Crippen LogP contribution in [-0.4, -0.2) is 31.6 Å². The first kappa shape index (κ1) is 10.4. The molecule has 0 heterocycles. The molecule has 0 rings (SSSR count). The molecule has 0 fully saturated rings. The van der Waals surface area contributed by atoms with Crippen LogP contribution in [0.4, 0.5) is 0 Å². The van der Waals surface area contributed by atoms with E-state index in [9.17, 15) is 4.79 Å². The molecule has 0 atom stereocenters. The van der Waals surface area contributed by atoms with E-state index in [0.717, 1.165) is 0 Å². The van der Waals surface area contributed by atoms with E-state index in [-0.39, 0.29) is 5.91 Å². The third-order valence-electron chi connectivity index (χ3n) is 1.19. The molecule has 1 N–H and O–H groups in total. The van der Waals surface area contributed by atoms with Gasteiger partial charge >= 0.3 is 0 Å². The van der Waals surface area contributed by atoms with Crippen LogP contribution < -0.4 is 5.32 Å². The predicted molar refractivity (Wildman–Crippen MR) is 46.2 cm³/mol. The number of carbonyl (C=O) groups excluding carboxylic acids is 1. The van der Waals surface area contributed by atoms with Gasteiger partial charge in [-0.25, -0.2) is 0 Å². The fourth-order valence-corrected chi connectivity index (χ4v) is 0.689. The SMILES string of the molecule is CC(C)CC(=O)NCN(C)C. The number of hydrogen-bond donors (Lipinski definition) is 1. The minimum absolute atomic E-state index is 0.133. The zero-order valence-corrected chi connectivity index (χ0v) is 7.85. The molecule has 3 heteroatoms. The molecule has 1 amide bonds. The second-order valence-electron chi connectivity index (χ2n) is 3.44. The average molecular weight is 158 g/mol. The average Bonchev–Trinajstić information content (AvgIpc) is 1.82. The third kappa shape index (κ3) is 7.33. The first-order chi connectivity index (χ1) is 5.02. The highest BCUT2D eigenvalue weighted by molar-refractivity contribution is 5.75. The first-order valence-corrected chi connectivity index (χ1v) is 3.93. The topological polar surface area (TPSA) is 32.3 Å². The molecule has 3 nitrogen and oxygen atoms in total. The number of nitrogens with one attached hydrogen (secondary N) is 1. The smallest absolute Gasteiger partial charge is 0.221 e. The molecule has 0 saturated carbocycles. The summed E-state index contributed by atoms with van der Waals surface area (Å²) in [5.41, 5.74) is 0. The molecule has 0 aromatic rings. The maximum absolute atomic E-state index is 11.0. The second kappa shape index (κ2) is 5.13. The Hall–Kier alpha value is -0.570. The van der Waals surface area contributed by atoms with Gasteiger partial charge in [0.2, 0.25) is 5.91 Å². The Morgan fingerprint density at radius 2 is 2.00 bits per heavy atom. The first-order valence-electron chi connectivity index (χ1n) is 3.93. The molecule has 0 aromatic carbocycles. The fraction of sp³-hybridized carbons (Fsp3) is 0.875. The van der Waals surface area contributed by atoms with Crippen LogP contribution in [0.1, 0.15) is 20.3 Å².